The first kappa shape index (κ1) is 13.7. The van der Waals surface area contributed by atoms with Gasteiger partial charge in [-0.25, -0.2) is 0 Å². The molecule has 1 aromatic rings. The van der Waals surface area contributed by atoms with Crippen LogP contribution in [0.4, 0.5) is 0 Å². The maximum atomic E-state index is 12.4. The van der Waals surface area contributed by atoms with E-state index in [9.17, 15) is 15.0 Å². The topological polar surface area (TPSA) is 81.0 Å². The fourth-order valence-corrected chi connectivity index (χ4v) is 2.27. The molecule has 1 aliphatic carbocycles. The largest absolute Gasteiger partial charge is 0.508 e. The lowest BCUT2D eigenvalue weighted by molar-refractivity contribution is 0.0561. The third-order valence-electron chi connectivity index (χ3n) is 3.48. The number of nitrogens with zero attached hydrogens (tertiary/aromatic N) is 1. The normalized spacial score (nSPS) is 15.0. The number of benzene rings is 1. The minimum absolute atomic E-state index is 0.0434. The van der Waals surface area contributed by atoms with Gasteiger partial charge in [0.15, 0.2) is 0 Å². The van der Waals surface area contributed by atoms with Crippen molar-refractivity contribution in [1.82, 2.24) is 4.90 Å². The molecule has 0 atom stereocenters. The lowest BCUT2D eigenvalue weighted by Crippen LogP contribution is -2.44. The van der Waals surface area contributed by atoms with Crippen molar-refractivity contribution in [2.45, 2.75) is 31.7 Å². The molecule has 1 saturated carbocycles. The molecule has 1 aromatic carbocycles. The molecular formula is C14H19NO4. The number of rotatable bonds is 5. The van der Waals surface area contributed by atoms with Gasteiger partial charge in [-0.05, 0) is 37.8 Å². The number of amides is 1. The number of phenolic OH excluding ortho intramolecular Hbond substituents is 2. The van der Waals surface area contributed by atoms with E-state index in [1.807, 2.05) is 0 Å². The molecule has 104 valence electrons. The predicted molar refractivity (Wildman–Crippen MR) is 70.1 cm³/mol. The van der Waals surface area contributed by atoms with Gasteiger partial charge in [-0.15, -0.1) is 0 Å². The van der Waals surface area contributed by atoms with E-state index >= 15 is 0 Å². The van der Waals surface area contributed by atoms with E-state index in [1.165, 1.54) is 18.2 Å². The van der Waals surface area contributed by atoms with Gasteiger partial charge in [-0.1, -0.05) is 0 Å². The highest BCUT2D eigenvalue weighted by Gasteiger charge is 2.29. The van der Waals surface area contributed by atoms with Crippen molar-refractivity contribution in [3.8, 4) is 11.5 Å². The molecule has 0 radical (unpaired) electrons. The predicted octanol–water partition coefficient (Wildman–Crippen LogP) is 1.47. The quantitative estimate of drug-likeness (QED) is 0.753. The summed E-state index contributed by atoms with van der Waals surface area (Å²) in [6.07, 6.45) is 3.59. The number of aliphatic hydroxyl groups is 1. The Bertz CT molecular complexity index is 437. The highest BCUT2D eigenvalue weighted by atomic mass is 16.3. The standard InChI is InChI=1S/C14H19NO4/c16-6-2-5-15(11-3-1-4-11)14(19)10-7-12(17)9-13(18)8-10/h7-9,11,16-18H,1-6H2. The maximum Gasteiger partial charge on any atom is 0.254 e. The molecule has 0 unspecified atom stereocenters. The third kappa shape index (κ3) is 3.17. The maximum absolute atomic E-state index is 12.4. The van der Waals surface area contributed by atoms with E-state index < -0.39 is 0 Å². The molecule has 0 heterocycles. The Morgan fingerprint density at radius 1 is 1.21 bits per heavy atom. The molecule has 0 spiro atoms. The molecule has 1 amide bonds. The second kappa shape index (κ2) is 5.93. The van der Waals surface area contributed by atoms with Crippen LogP contribution >= 0.6 is 0 Å². The van der Waals surface area contributed by atoms with Gasteiger partial charge < -0.3 is 20.2 Å². The Balaban J connectivity index is 2.17. The number of aromatic hydroxyl groups is 2. The number of carbonyl (C=O) groups is 1. The van der Waals surface area contributed by atoms with Crippen molar-refractivity contribution in [3.05, 3.63) is 23.8 Å². The van der Waals surface area contributed by atoms with Gasteiger partial charge in [-0.3, -0.25) is 4.79 Å². The molecule has 5 nitrogen and oxygen atoms in total. The molecule has 3 N–H and O–H groups in total. The minimum atomic E-state index is -0.204. The van der Waals surface area contributed by atoms with Gasteiger partial charge in [0.05, 0.1) is 0 Å². The van der Waals surface area contributed by atoms with Crippen LogP contribution in [0.2, 0.25) is 0 Å². The van der Waals surface area contributed by atoms with E-state index in [0.717, 1.165) is 19.3 Å². The number of carbonyl (C=O) groups excluding carboxylic acids is 1. The van der Waals surface area contributed by atoms with Crippen molar-refractivity contribution in [2.75, 3.05) is 13.2 Å². The lowest BCUT2D eigenvalue weighted by Gasteiger charge is -2.37. The van der Waals surface area contributed by atoms with Crippen LogP contribution in [0, 0.1) is 0 Å². The van der Waals surface area contributed by atoms with Gasteiger partial charge in [0.1, 0.15) is 11.5 Å². The van der Waals surface area contributed by atoms with Gasteiger partial charge in [0.25, 0.3) is 5.91 Å². The highest BCUT2D eigenvalue weighted by Crippen LogP contribution is 2.28. The summed E-state index contributed by atoms with van der Waals surface area (Å²) in [5.74, 6) is -0.456. The summed E-state index contributed by atoms with van der Waals surface area (Å²) in [4.78, 5) is 14.1. The average molecular weight is 265 g/mol. The summed E-state index contributed by atoms with van der Waals surface area (Å²) in [6.45, 7) is 0.540. The molecular weight excluding hydrogens is 246 g/mol. The SMILES string of the molecule is O=C(c1cc(O)cc(O)c1)N(CCCO)C1CCC1. The molecule has 0 bridgehead atoms. The molecule has 5 heteroatoms. The zero-order valence-electron chi connectivity index (χ0n) is 10.7. The van der Waals surface area contributed by atoms with E-state index in [1.54, 1.807) is 4.90 Å². The monoisotopic (exact) mass is 265 g/mol. The smallest absolute Gasteiger partial charge is 0.254 e. The summed E-state index contributed by atoms with van der Waals surface area (Å²) in [5, 5.41) is 27.8. The van der Waals surface area contributed by atoms with E-state index in [0.29, 0.717) is 13.0 Å². The van der Waals surface area contributed by atoms with E-state index in [4.69, 9.17) is 5.11 Å². The van der Waals surface area contributed by atoms with Crippen LogP contribution in [-0.4, -0.2) is 45.3 Å². The zero-order chi connectivity index (χ0) is 13.8. The van der Waals surface area contributed by atoms with Crippen LogP contribution in [0.15, 0.2) is 18.2 Å². The summed E-state index contributed by atoms with van der Waals surface area (Å²) >= 11 is 0. The van der Waals surface area contributed by atoms with E-state index in [-0.39, 0.29) is 35.6 Å². The second-order valence-corrected chi connectivity index (χ2v) is 4.90. The minimum Gasteiger partial charge on any atom is -0.508 e. The van der Waals surface area contributed by atoms with Crippen molar-refractivity contribution in [1.29, 1.82) is 0 Å². The Kier molecular flexibility index (Phi) is 4.27. The third-order valence-corrected chi connectivity index (χ3v) is 3.48. The van der Waals surface area contributed by atoms with Crippen LogP contribution in [0.3, 0.4) is 0 Å². The Morgan fingerprint density at radius 2 is 1.84 bits per heavy atom. The van der Waals surface area contributed by atoms with Crippen LogP contribution in [0.5, 0.6) is 11.5 Å². The summed E-state index contributed by atoms with van der Waals surface area (Å²) < 4.78 is 0. The zero-order valence-corrected chi connectivity index (χ0v) is 10.7. The van der Waals surface area contributed by atoms with Gasteiger partial charge in [0.2, 0.25) is 0 Å². The highest BCUT2D eigenvalue weighted by molar-refractivity contribution is 5.95. The summed E-state index contributed by atoms with van der Waals surface area (Å²) in [7, 11) is 0. The van der Waals surface area contributed by atoms with Gasteiger partial charge in [-0.2, -0.15) is 0 Å². The molecule has 19 heavy (non-hydrogen) atoms. The molecule has 0 aliphatic heterocycles. The first-order valence-electron chi connectivity index (χ1n) is 6.56. The molecule has 2 rings (SSSR count). The first-order valence-corrected chi connectivity index (χ1v) is 6.56. The van der Waals surface area contributed by atoms with Crippen LogP contribution in [0.1, 0.15) is 36.0 Å². The summed E-state index contributed by atoms with van der Waals surface area (Å²) in [6, 6.07) is 4.11. The first-order chi connectivity index (χ1) is 9.11. The van der Waals surface area contributed by atoms with Crippen molar-refractivity contribution in [3.63, 3.8) is 0 Å². The van der Waals surface area contributed by atoms with Crippen molar-refractivity contribution in [2.24, 2.45) is 0 Å². The van der Waals surface area contributed by atoms with Gasteiger partial charge in [0, 0.05) is 30.8 Å². The molecule has 0 aromatic heterocycles. The number of aliphatic hydroxyl groups excluding tert-OH is 1. The summed E-state index contributed by atoms with van der Waals surface area (Å²) in [5.41, 5.74) is 0.280. The Labute approximate surface area is 112 Å². The number of hydrogen-bond acceptors (Lipinski definition) is 4. The number of phenols is 2. The Hall–Kier alpha value is -1.75. The lowest BCUT2D eigenvalue weighted by atomic mass is 9.90. The Morgan fingerprint density at radius 3 is 2.32 bits per heavy atom. The van der Waals surface area contributed by atoms with Crippen LogP contribution in [0.25, 0.3) is 0 Å². The number of hydrogen-bond donors (Lipinski definition) is 3. The molecule has 0 saturated heterocycles. The van der Waals surface area contributed by atoms with Crippen LogP contribution < -0.4 is 0 Å². The van der Waals surface area contributed by atoms with Crippen molar-refractivity contribution >= 4 is 5.91 Å². The molecule has 1 fully saturated rings. The van der Waals surface area contributed by atoms with Gasteiger partial charge >= 0.3 is 0 Å². The van der Waals surface area contributed by atoms with Crippen molar-refractivity contribution < 1.29 is 20.1 Å². The van der Waals surface area contributed by atoms with Crippen LogP contribution in [-0.2, 0) is 0 Å². The molecule has 1 aliphatic rings. The van der Waals surface area contributed by atoms with E-state index in [2.05, 4.69) is 0 Å². The fraction of sp³-hybridized carbons (Fsp3) is 0.500. The fourth-order valence-electron chi connectivity index (χ4n) is 2.27. The average Bonchev–Trinajstić information content (AvgIpc) is 2.29. The second-order valence-electron chi connectivity index (χ2n) is 4.90.